The highest BCUT2D eigenvalue weighted by molar-refractivity contribution is 5.83. The topological polar surface area (TPSA) is 85.5 Å². The van der Waals surface area contributed by atoms with Crippen molar-refractivity contribution in [3.05, 3.63) is 54.5 Å². The number of aliphatic hydroxyl groups excluding tert-OH is 1. The van der Waals surface area contributed by atoms with E-state index in [1.54, 1.807) is 31.3 Å². The molecule has 8 nitrogen and oxygen atoms in total. The Bertz CT molecular complexity index is 1220. The van der Waals surface area contributed by atoms with Crippen LogP contribution in [0.15, 0.2) is 48.9 Å². The molecule has 0 bridgehead atoms. The minimum absolute atomic E-state index is 0.0155. The number of fused-ring (bicyclic) bond motifs is 1. The van der Waals surface area contributed by atoms with Crippen molar-refractivity contribution in [1.29, 1.82) is 0 Å². The van der Waals surface area contributed by atoms with Gasteiger partial charge < -0.3 is 19.5 Å². The summed E-state index contributed by atoms with van der Waals surface area (Å²) in [5.74, 6) is 1.40. The minimum Gasteiger partial charge on any atom is -0.497 e. The number of anilines is 2. The van der Waals surface area contributed by atoms with Crippen LogP contribution in [0.1, 0.15) is 5.56 Å². The summed E-state index contributed by atoms with van der Waals surface area (Å²) in [6.45, 7) is 2.37. The van der Waals surface area contributed by atoms with Crippen LogP contribution in [0.3, 0.4) is 0 Å². The lowest BCUT2D eigenvalue weighted by Gasteiger charge is -2.27. The quantitative estimate of drug-likeness (QED) is 0.491. The summed E-state index contributed by atoms with van der Waals surface area (Å²) in [4.78, 5) is 11.4. The van der Waals surface area contributed by atoms with Crippen molar-refractivity contribution >= 4 is 22.4 Å². The van der Waals surface area contributed by atoms with Gasteiger partial charge in [-0.2, -0.15) is 5.10 Å². The number of rotatable bonds is 7. The third-order valence-electron chi connectivity index (χ3n) is 5.21. The average Bonchev–Trinajstić information content (AvgIpc) is 3.23. The van der Waals surface area contributed by atoms with E-state index in [-0.39, 0.29) is 6.61 Å². The standard InChI is InChI=1S/C23H25N5O3/c1-15-22(10-18(30-3)11-23(15)31-4)28(7-8-29)17-5-6-19-20(9-17)26-21(13-24-19)16-12-25-27(2)14-16/h5-6,9-14,29H,7-8H2,1-4H3. The first-order valence-corrected chi connectivity index (χ1v) is 9.91. The normalized spacial score (nSPS) is 11.0. The van der Waals surface area contributed by atoms with Crippen molar-refractivity contribution in [2.45, 2.75) is 6.92 Å². The van der Waals surface area contributed by atoms with Crippen molar-refractivity contribution in [2.75, 3.05) is 32.3 Å². The molecule has 0 saturated carbocycles. The van der Waals surface area contributed by atoms with Crippen LogP contribution in [0.5, 0.6) is 11.5 Å². The summed E-state index contributed by atoms with van der Waals surface area (Å²) in [5.41, 5.74) is 5.94. The molecular weight excluding hydrogens is 394 g/mol. The van der Waals surface area contributed by atoms with Gasteiger partial charge in [0.1, 0.15) is 11.5 Å². The van der Waals surface area contributed by atoms with Crippen LogP contribution < -0.4 is 14.4 Å². The summed E-state index contributed by atoms with van der Waals surface area (Å²) >= 11 is 0. The zero-order valence-electron chi connectivity index (χ0n) is 18.0. The van der Waals surface area contributed by atoms with Gasteiger partial charge in [0.05, 0.1) is 55.6 Å². The number of aryl methyl sites for hydroxylation is 1. The Hall–Kier alpha value is -3.65. The van der Waals surface area contributed by atoms with Gasteiger partial charge in [-0.3, -0.25) is 9.67 Å². The fourth-order valence-corrected chi connectivity index (χ4v) is 3.61. The fraction of sp³-hybridized carbons (Fsp3) is 0.261. The third kappa shape index (κ3) is 4.02. The second kappa shape index (κ2) is 8.61. The number of nitrogens with zero attached hydrogens (tertiary/aromatic N) is 5. The molecule has 0 atom stereocenters. The van der Waals surface area contributed by atoms with Gasteiger partial charge in [-0.1, -0.05) is 0 Å². The Kier molecular flexibility index (Phi) is 5.73. The predicted molar refractivity (Wildman–Crippen MR) is 120 cm³/mol. The summed E-state index contributed by atoms with van der Waals surface area (Å²) in [6, 6.07) is 9.67. The number of ether oxygens (including phenoxy) is 2. The lowest BCUT2D eigenvalue weighted by Crippen LogP contribution is -2.22. The highest BCUT2D eigenvalue weighted by Crippen LogP contribution is 2.38. The van der Waals surface area contributed by atoms with Crippen LogP contribution in [-0.4, -0.2) is 52.2 Å². The predicted octanol–water partition coefficient (Wildman–Crippen LogP) is 3.49. The molecule has 0 saturated heterocycles. The van der Waals surface area contributed by atoms with E-state index >= 15 is 0 Å². The van der Waals surface area contributed by atoms with Gasteiger partial charge in [0.2, 0.25) is 0 Å². The number of aliphatic hydroxyl groups is 1. The highest BCUT2D eigenvalue weighted by Gasteiger charge is 2.17. The summed E-state index contributed by atoms with van der Waals surface area (Å²) in [7, 11) is 5.12. The number of hydrogen-bond donors (Lipinski definition) is 1. The molecule has 4 rings (SSSR count). The van der Waals surface area contributed by atoms with Crippen molar-refractivity contribution in [2.24, 2.45) is 7.05 Å². The van der Waals surface area contributed by atoms with Crippen LogP contribution in [0.2, 0.25) is 0 Å². The molecule has 8 heteroatoms. The van der Waals surface area contributed by atoms with E-state index in [4.69, 9.17) is 14.5 Å². The van der Waals surface area contributed by atoms with Gasteiger partial charge in [-0.05, 0) is 25.1 Å². The number of methoxy groups -OCH3 is 2. The molecule has 2 heterocycles. The molecule has 0 amide bonds. The van der Waals surface area contributed by atoms with Crippen molar-refractivity contribution in [3.63, 3.8) is 0 Å². The molecule has 4 aromatic rings. The van der Waals surface area contributed by atoms with Gasteiger partial charge in [0.15, 0.2) is 0 Å². The Morgan fingerprint density at radius 1 is 1.06 bits per heavy atom. The van der Waals surface area contributed by atoms with Crippen LogP contribution in [-0.2, 0) is 7.05 Å². The fourth-order valence-electron chi connectivity index (χ4n) is 3.61. The molecule has 0 aliphatic rings. The summed E-state index contributed by atoms with van der Waals surface area (Å²) in [6.07, 6.45) is 5.43. The lowest BCUT2D eigenvalue weighted by molar-refractivity contribution is 0.305. The Morgan fingerprint density at radius 2 is 1.90 bits per heavy atom. The van der Waals surface area contributed by atoms with E-state index < -0.39 is 0 Å². The largest absolute Gasteiger partial charge is 0.497 e. The zero-order chi connectivity index (χ0) is 22.0. The molecular formula is C23H25N5O3. The van der Waals surface area contributed by atoms with Gasteiger partial charge in [0, 0.05) is 48.7 Å². The van der Waals surface area contributed by atoms with E-state index in [1.165, 1.54) is 0 Å². The third-order valence-corrected chi connectivity index (χ3v) is 5.21. The molecule has 2 aromatic carbocycles. The molecule has 0 unspecified atom stereocenters. The van der Waals surface area contributed by atoms with E-state index in [0.717, 1.165) is 45.0 Å². The molecule has 160 valence electrons. The number of benzene rings is 2. The molecule has 0 aliphatic carbocycles. The minimum atomic E-state index is -0.0155. The summed E-state index contributed by atoms with van der Waals surface area (Å²) in [5, 5.41) is 14.0. The van der Waals surface area contributed by atoms with Crippen LogP contribution in [0.4, 0.5) is 11.4 Å². The Balaban J connectivity index is 1.82. The van der Waals surface area contributed by atoms with E-state index in [1.807, 2.05) is 55.4 Å². The molecule has 2 aromatic heterocycles. The van der Waals surface area contributed by atoms with Crippen LogP contribution >= 0.6 is 0 Å². The van der Waals surface area contributed by atoms with E-state index in [0.29, 0.717) is 12.3 Å². The van der Waals surface area contributed by atoms with Gasteiger partial charge in [-0.15, -0.1) is 0 Å². The molecule has 0 spiro atoms. The monoisotopic (exact) mass is 419 g/mol. The number of aromatic nitrogens is 4. The second-order valence-corrected chi connectivity index (χ2v) is 7.18. The second-order valence-electron chi connectivity index (χ2n) is 7.18. The molecule has 0 fully saturated rings. The molecule has 0 radical (unpaired) electrons. The lowest BCUT2D eigenvalue weighted by atomic mass is 10.1. The van der Waals surface area contributed by atoms with Gasteiger partial charge in [0.25, 0.3) is 0 Å². The van der Waals surface area contributed by atoms with Crippen molar-refractivity contribution in [1.82, 2.24) is 19.7 Å². The molecule has 0 aliphatic heterocycles. The first kappa shape index (κ1) is 20.6. The zero-order valence-corrected chi connectivity index (χ0v) is 18.0. The maximum absolute atomic E-state index is 9.77. The van der Waals surface area contributed by atoms with Crippen molar-refractivity contribution < 1.29 is 14.6 Å². The van der Waals surface area contributed by atoms with Crippen LogP contribution in [0.25, 0.3) is 22.3 Å². The Morgan fingerprint density at radius 3 is 2.58 bits per heavy atom. The van der Waals surface area contributed by atoms with Gasteiger partial charge >= 0.3 is 0 Å². The molecule has 31 heavy (non-hydrogen) atoms. The maximum atomic E-state index is 9.77. The van der Waals surface area contributed by atoms with Crippen molar-refractivity contribution in [3.8, 4) is 22.8 Å². The molecule has 1 N–H and O–H groups in total. The Labute approximate surface area is 180 Å². The SMILES string of the molecule is COc1cc(OC)c(C)c(N(CCO)c2ccc3ncc(-c4cnn(C)c4)nc3c2)c1. The van der Waals surface area contributed by atoms with Gasteiger partial charge in [-0.25, -0.2) is 4.98 Å². The smallest absolute Gasteiger partial charge is 0.127 e. The summed E-state index contributed by atoms with van der Waals surface area (Å²) < 4.78 is 12.7. The highest BCUT2D eigenvalue weighted by atomic mass is 16.5. The first-order chi connectivity index (χ1) is 15.0. The first-order valence-electron chi connectivity index (χ1n) is 9.91. The number of hydrogen-bond acceptors (Lipinski definition) is 7. The van der Waals surface area contributed by atoms with E-state index in [2.05, 4.69) is 10.1 Å². The average molecular weight is 419 g/mol. The van der Waals surface area contributed by atoms with E-state index in [9.17, 15) is 5.11 Å². The maximum Gasteiger partial charge on any atom is 0.127 e. The van der Waals surface area contributed by atoms with Crippen LogP contribution in [0, 0.1) is 6.92 Å².